The molecule has 3 aromatic rings. The van der Waals surface area contributed by atoms with Crippen LogP contribution in [0.3, 0.4) is 0 Å². The van der Waals surface area contributed by atoms with Crippen LogP contribution in [0.4, 0.5) is 0 Å². The Bertz CT molecular complexity index is 716. The fourth-order valence-electron chi connectivity index (χ4n) is 3.73. The lowest BCUT2D eigenvalue weighted by Crippen LogP contribution is -3.00. The minimum atomic E-state index is -1.64. The van der Waals surface area contributed by atoms with E-state index in [2.05, 4.69) is 110 Å². The number of hydrogen-bond donors (Lipinski definition) is 0. The quantitative estimate of drug-likeness (QED) is 0.265. The van der Waals surface area contributed by atoms with Crippen molar-refractivity contribution in [2.45, 2.75) is 32.6 Å². The van der Waals surface area contributed by atoms with E-state index in [1.165, 1.54) is 41.3 Å². The molecule has 0 nitrogen and oxygen atoms in total. The molecule has 0 heterocycles. The molecule has 3 aromatic carbocycles. The van der Waals surface area contributed by atoms with Crippen molar-refractivity contribution in [3.8, 4) is 0 Å². The van der Waals surface area contributed by atoms with Gasteiger partial charge in [0.1, 0.15) is 23.2 Å². The van der Waals surface area contributed by atoms with E-state index in [1.54, 1.807) is 0 Å². The number of halogens is 1. The zero-order valence-electron chi connectivity index (χ0n) is 16.7. The van der Waals surface area contributed by atoms with Crippen molar-refractivity contribution in [2.75, 3.05) is 6.16 Å². The van der Waals surface area contributed by atoms with Gasteiger partial charge in [-0.25, -0.2) is 0 Å². The minimum Gasteiger partial charge on any atom is -1.00 e. The molecular weight excluding hydrogens is 423 g/mol. The van der Waals surface area contributed by atoms with E-state index < -0.39 is 7.26 Å². The summed E-state index contributed by atoms with van der Waals surface area (Å²) in [5.74, 6) is 0. The van der Waals surface area contributed by atoms with Crippen LogP contribution in [-0.2, 0) is 0 Å². The molecule has 0 aliphatic carbocycles. The van der Waals surface area contributed by atoms with E-state index in [1.807, 2.05) is 0 Å². The molecule has 0 N–H and O–H groups in total. The maximum atomic E-state index is 2.37. The molecule has 0 radical (unpaired) electrons. The maximum absolute atomic E-state index is 2.37. The highest BCUT2D eigenvalue weighted by molar-refractivity contribution is 7.95. The number of allylic oxidation sites excluding steroid dienone is 2. The summed E-state index contributed by atoms with van der Waals surface area (Å²) in [5.41, 5.74) is 0. The van der Waals surface area contributed by atoms with Gasteiger partial charge in [0.2, 0.25) is 0 Å². The summed E-state index contributed by atoms with van der Waals surface area (Å²) < 4.78 is 0. The molecule has 0 spiro atoms. The first-order chi connectivity index (χ1) is 13.4. The van der Waals surface area contributed by atoms with Gasteiger partial charge in [0.15, 0.2) is 0 Å². The van der Waals surface area contributed by atoms with Crippen LogP contribution in [0.15, 0.2) is 103 Å². The van der Waals surface area contributed by atoms with Crippen molar-refractivity contribution in [1.82, 2.24) is 0 Å². The van der Waals surface area contributed by atoms with Gasteiger partial charge in [-0.15, -0.1) is 0 Å². The molecule has 0 saturated heterocycles. The normalized spacial score (nSPS) is 11.3. The van der Waals surface area contributed by atoms with Crippen LogP contribution in [0.5, 0.6) is 0 Å². The number of hydrogen-bond acceptors (Lipinski definition) is 0. The van der Waals surface area contributed by atoms with Crippen molar-refractivity contribution in [3.63, 3.8) is 0 Å². The van der Waals surface area contributed by atoms with Crippen LogP contribution in [0.25, 0.3) is 0 Å². The Labute approximate surface area is 181 Å². The molecule has 28 heavy (non-hydrogen) atoms. The van der Waals surface area contributed by atoms with Crippen molar-refractivity contribution in [3.05, 3.63) is 103 Å². The van der Waals surface area contributed by atoms with E-state index in [-0.39, 0.29) is 17.0 Å². The minimum absolute atomic E-state index is 0. The molecule has 0 atom stereocenters. The molecule has 0 aromatic heterocycles. The summed E-state index contributed by atoms with van der Waals surface area (Å²) in [4.78, 5) is 0. The molecular formula is C26H30BrP. The first-order valence-corrected chi connectivity index (χ1v) is 12.1. The smallest absolute Gasteiger partial charge is 0.112 e. The fraction of sp³-hybridized carbons (Fsp3) is 0.231. The molecule has 0 bridgehead atoms. The third-order valence-electron chi connectivity index (χ3n) is 5.08. The second kappa shape index (κ2) is 12.0. The van der Waals surface area contributed by atoms with Crippen molar-refractivity contribution in [1.29, 1.82) is 0 Å². The Balaban J connectivity index is 0.00000280. The summed E-state index contributed by atoms with van der Waals surface area (Å²) in [6.45, 7) is 2.24. The third-order valence-corrected chi connectivity index (χ3v) is 9.60. The lowest BCUT2D eigenvalue weighted by molar-refractivity contribution is -0.00000537. The highest BCUT2D eigenvalue weighted by Crippen LogP contribution is 2.55. The summed E-state index contributed by atoms with van der Waals surface area (Å²) in [5, 5.41) is 4.46. The van der Waals surface area contributed by atoms with E-state index >= 15 is 0 Å². The summed E-state index contributed by atoms with van der Waals surface area (Å²) >= 11 is 0. The van der Waals surface area contributed by atoms with Crippen molar-refractivity contribution >= 4 is 23.2 Å². The van der Waals surface area contributed by atoms with E-state index in [4.69, 9.17) is 0 Å². The Morgan fingerprint density at radius 1 is 0.607 bits per heavy atom. The molecule has 0 unspecified atom stereocenters. The van der Waals surface area contributed by atoms with Gasteiger partial charge in [0, 0.05) is 0 Å². The van der Waals surface area contributed by atoms with Gasteiger partial charge in [-0.2, -0.15) is 0 Å². The van der Waals surface area contributed by atoms with Gasteiger partial charge < -0.3 is 17.0 Å². The third kappa shape index (κ3) is 5.43. The van der Waals surface area contributed by atoms with Gasteiger partial charge in [-0.1, -0.05) is 80.1 Å². The number of unbranched alkanes of at least 4 members (excludes halogenated alkanes) is 2. The van der Waals surface area contributed by atoms with E-state index in [0.29, 0.717) is 0 Å². The average molecular weight is 453 g/mol. The maximum Gasteiger partial charge on any atom is 0.112 e. The Morgan fingerprint density at radius 3 is 1.39 bits per heavy atom. The van der Waals surface area contributed by atoms with Gasteiger partial charge in [-0.3, -0.25) is 0 Å². The fourth-order valence-corrected chi connectivity index (χ4v) is 8.10. The van der Waals surface area contributed by atoms with Crippen LogP contribution < -0.4 is 32.9 Å². The first kappa shape index (κ1) is 22.6. The molecule has 0 fully saturated rings. The summed E-state index contributed by atoms with van der Waals surface area (Å²) in [6.07, 6.45) is 10.7. The Kier molecular flexibility index (Phi) is 9.68. The summed E-state index contributed by atoms with van der Waals surface area (Å²) in [7, 11) is -1.64. The molecule has 0 saturated carbocycles. The van der Waals surface area contributed by atoms with E-state index in [0.717, 1.165) is 6.42 Å². The zero-order chi connectivity index (χ0) is 18.8. The standard InChI is InChI=1S/C26H30P.BrH/c1-2-3-4-5-6-16-23-27(24-17-10-7-11-18-24,25-19-12-8-13-20-25)26-21-14-9-15-22-26;/h4-5,7-15,17-22H,2-3,6,16,23H2,1H3;1H/q+1;/p-1. The second-order valence-electron chi connectivity index (χ2n) is 6.94. The van der Waals surface area contributed by atoms with Gasteiger partial charge in [0.05, 0.1) is 6.16 Å². The van der Waals surface area contributed by atoms with Gasteiger partial charge >= 0.3 is 0 Å². The molecule has 3 rings (SSSR count). The molecule has 0 aliphatic heterocycles. The van der Waals surface area contributed by atoms with Crippen LogP contribution in [0.2, 0.25) is 0 Å². The van der Waals surface area contributed by atoms with Crippen molar-refractivity contribution < 1.29 is 17.0 Å². The lowest BCUT2D eigenvalue weighted by Gasteiger charge is -2.27. The second-order valence-corrected chi connectivity index (χ2v) is 10.6. The van der Waals surface area contributed by atoms with Crippen LogP contribution in [0.1, 0.15) is 32.6 Å². The Hall–Kier alpha value is -1.69. The SMILES string of the molecule is CCCC=CCCC[P+](c1ccccc1)(c1ccccc1)c1ccccc1.[Br-]. The van der Waals surface area contributed by atoms with Crippen molar-refractivity contribution in [2.24, 2.45) is 0 Å². The summed E-state index contributed by atoms with van der Waals surface area (Å²) in [6, 6.07) is 33.5. The van der Waals surface area contributed by atoms with Crippen LogP contribution in [0, 0.1) is 0 Å². The molecule has 146 valence electrons. The largest absolute Gasteiger partial charge is 1.00 e. The van der Waals surface area contributed by atoms with Crippen LogP contribution >= 0.6 is 7.26 Å². The molecule has 0 aliphatic rings. The van der Waals surface area contributed by atoms with Crippen LogP contribution in [-0.4, -0.2) is 6.16 Å². The predicted molar refractivity (Wildman–Crippen MR) is 123 cm³/mol. The molecule has 0 amide bonds. The number of rotatable bonds is 9. The highest BCUT2D eigenvalue weighted by Gasteiger charge is 2.44. The van der Waals surface area contributed by atoms with E-state index in [9.17, 15) is 0 Å². The highest BCUT2D eigenvalue weighted by atomic mass is 79.9. The number of benzene rings is 3. The first-order valence-electron chi connectivity index (χ1n) is 10.1. The topological polar surface area (TPSA) is 0 Å². The zero-order valence-corrected chi connectivity index (χ0v) is 19.2. The Morgan fingerprint density at radius 2 is 1.00 bits per heavy atom. The monoisotopic (exact) mass is 452 g/mol. The average Bonchev–Trinajstić information content (AvgIpc) is 2.75. The van der Waals surface area contributed by atoms with Gasteiger partial charge in [-0.05, 0) is 55.7 Å². The van der Waals surface area contributed by atoms with Gasteiger partial charge in [0.25, 0.3) is 0 Å². The molecule has 2 heteroatoms. The predicted octanol–water partition coefficient (Wildman–Crippen LogP) is 3.12. The lowest BCUT2D eigenvalue weighted by atomic mass is 10.2.